The summed E-state index contributed by atoms with van der Waals surface area (Å²) in [6, 6.07) is 2.18. The van der Waals surface area contributed by atoms with Crippen molar-refractivity contribution < 1.29 is 5.11 Å². The van der Waals surface area contributed by atoms with Gasteiger partial charge in [-0.15, -0.1) is 0 Å². The number of aromatic nitrogens is 2. The minimum Gasteiger partial charge on any atom is -0.393 e. The van der Waals surface area contributed by atoms with Gasteiger partial charge >= 0.3 is 0 Å². The van der Waals surface area contributed by atoms with E-state index in [1.807, 2.05) is 0 Å². The average Bonchev–Trinajstić information content (AvgIpc) is 3.07. The molecule has 1 saturated carbocycles. The predicted octanol–water partition coefficient (Wildman–Crippen LogP) is 2.17. The van der Waals surface area contributed by atoms with Crippen molar-refractivity contribution in [2.75, 3.05) is 0 Å². The van der Waals surface area contributed by atoms with Gasteiger partial charge in [0, 0.05) is 12.2 Å². The molecule has 0 amide bonds. The Balaban J connectivity index is 1.93. The van der Waals surface area contributed by atoms with Gasteiger partial charge in [0.25, 0.3) is 0 Å². The molecule has 16 heavy (non-hydrogen) atoms. The zero-order valence-corrected chi connectivity index (χ0v) is 10.3. The van der Waals surface area contributed by atoms with Crippen LogP contribution in [-0.2, 0) is 19.4 Å². The summed E-state index contributed by atoms with van der Waals surface area (Å²) in [7, 11) is 0. The van der Waals surface area contributed by atoms with Gasteiger partial charge in [0.1, 0.15) is 0 Å². The van der Waals surface area contributed by atoms with Gasteiger partial charge in [-0.25, -0.2) is 0 Å². The molecule has 3 heteroatoms. The highest BCUT2D eigenvalue weighted by Crippen LogP contribution is 2.34. The molecule has 0 aliphatic heterocycles. The van der Waals surface area contributed by atoms with E-state index in [1.165, 1.54) is 18.5 Å². The molecular weight excluding hydrogens is 200 g/mol. The SMILES string of the molecule is CCc1cc(CCC(O)C2CC2)n(CC)n1. The molecule has 0 bridgehead atoms. The lowest BCUT2D eigenvalue weighted by atomic mass is 10.1. The fourth-order valence-electron chi connectivity index (χ4n) is 2.18. The monoisotopic (exact) mass is 222 g/mol. The molecule has 1 aromatic heterocycles. The predicted molar refractivity (Wildman–Crippen MR) is 64.3 cm³/mol. The normalized spacial score (nSPS) is 17.7. The van der Waals surface area contributed by atoms with Gasteiger partial charge in [-0.05, 0) is 51.0 Å². The second-order valence-corrected chi connectivity index (χ2v) is 4.74. The highest BCUT2D eigenvalue weighted by Gasteiger charge is 2.29. The molecular formula is C13H22N2O. The lowest BCUT2D eigenvalue weighted by molar-refractivity contribution is 0.141. The van der Waals surface area contributed by atoms with Crippen LogP contribution in [-0.4, -0.2) is 21.0 Å². The number of hydrogen-bond donors (Lipinski definition) is 1. The van der Waals surface area contributed by atoms with Crippen molar-refractivity contribution in [3.8, 4) is 0 Å². The van der Waals surface area contributed by atoms with E-state index in [1.54, 1.807) is 0 Å². The van der Waals surface area contributed by atoms with E-state index in [2.05, 4.69) is 29.7 Å². The van der Waals surface area contributed by atoms with Crippen LogP contribution in [0, 0.1) is 5.92 Å². The fourth-order valence-corrected chi connectivity index (χ4v) is 2.18. The van der Waals surface area contributed by atoms with Crippen molar-refractivity contribution >= 4 is 0 Å². The topological polar surface area (TPSA) is 38.0 Å². The highest BCUT2D eigenvalue weighted by atomic mass is 16.3. The summed E-state index contributed by atoms with van der Waals surface area (Å²) in [4.78, 5) is 0. The molecule has 0 aromatic carbocycles. The molecule has 1 aromatic rings. The van der Waals surface area contributed by atoms with Gasteiger partial charge in [0.05, 0.1) is 11.8 Å². The second kappa shape index (κ2) is 5.00. The Morgan fingerprint density at radius 2 is 2.25 bits per heavy atom. The van der Waals surface area contributed by atoms with Crippen LogP contribution in [0.4, 0.5) is 0 Å². The van der Waals surface area contributed by atoms with Gasteiger partial charge < -0.3 is 5.11 Å². The zero-order valence-electron chi connectivity index (χ0n) is 10.3. The standard InChI is InChI=1S/C13H22N2O/c1-3-11-9-12(15(4-2)14-11)7-8-13(16)10-5-6-10/h9-10,13,16H,3-8H2,1-2H3. The van der Waals surface area contributed by atoms with E-state index < -0.39 is 0 Å². The Labute approximate surface area is 97.5 Å². The summed E-state index contributed by atoms with van der Waals surface area (Å²) in [5, 5.41) is 14.4. The number of rotatable bonds is 6. The van der Waals surface area contributed by atoms with Crippen LogP contribution in [0.2, 0.25) is 0 Å². The first-order chi connectivity index (χ1) is 7.74. The summed E-state index contributed by atoms with van der Waals surface area (Å²) >= 11 is 0. The Morgan fingerprint density at radius 3 is 2.81 bits per heavy atom. The van der Waals surface area contributed by atoms with Crippen molar-refractivity contribution in [3.63, 3.8) is 0 Å². The van der Waals surface area contributed by atoms with Crippen molar-refractivity contribution in [2.45, 2.75) is 58.6 Å². The molecule has 1 N–H and O–H groups in total. The van der Waals surface area contributed by atoms with E-state index in [4.69, 9.17) is 0 Å². The molecule has 1 heterocycles. The summed E-state index contributed by atoms with van der Waals surface area (Å²) in [5.74, 6) is 0.587. The summed E-state index contributed by atoms with van der Waals surface area (Å²) < 4.78 is 2.07. The van der Waals surface area contributed by atoms with Crippen LogP contribution >= 0.6 is 0 Å². The Hall–Kier alpha value is -0.830. The third kappa shape index (κ3) is 2.64. The Morgan fingerprint density at radius 1 is 1.50 bits per heavy atom. The van der Waals surface area contributed by atoms with E-state index in [9.17, 15) is 5.11 Å². The number of hydrogen-bond acceptors (Lipinski definition) is 2. The molecule has 1 atom stereocenters. The van der Waals surface area contributed by atoms with E-state index in [0.717, 1.165) is 31.5 Å². The van der Waals surface area contributed by atoms with Crippen molar-refractivity contribution in [1.82, 2.24) is 9.78 Å². The average molecular weight is 222 g/mol. The molecule has 0 radical (unpaired) electrons. The maximum Gasteiger partial charge on any atom is 0.0624 e. The van der Waals surface area contributed by atoms with Crippen molar-refractivity contribution in [1.29, 1.82) is 0 Å². The molecule has 2 rings (SSSR count). The molecule has 1 fully saturated rings. The fraction of sp³-hybridized carbons (Fsp3) is 0.769. The summed E-state index contributed by atoms with van der Waals surface area (Å²) in [6.45, 7) is 5.17. The Bertz CT molecular complexity index is 342. The molecule has 1 aliphatic rings. The number of aliphatic hydroxyl groups is 1. The van der Waals surface area contributed by atoms with Crippen molar-refractivity contribution in [2.24, 2.45) is 5.92 Å². The molecule has 3 nitrogen and oxygen atoms in total. The maximum absolute atomic E-state index is 9.85. The van der Waals surface area contributed by atoms with E-state index in [-0.39, 0.29) is 6.10 Å². The van der Waals surface area contributed by atoms with Crippen LogP contribution in [0.25, 0.3) is 0 Å². The minimum atomic E-state index is -0.0923. The summed E-state index contributed by atoms with van der Waals surface area (Å²) in [5.41, 5.74) is 2.44. The number of nitrogens with zero attached hydrogens (tertiary/aromatic N) is 2. The van der Waals surface area contributed by atoms with E-state index in [0.29, 0.717) is 5.92 Å². The quantitative estimate of drug-likeness (QED) is 0.801. The first-order valence-corrected chi connectivity index (χ1v) is 6.48. The maximum atomic E-state index is 9.85. The lowest BCUT2D eigenvalue weighted by Gasteiger charge is -2.09. The molecule has 1 unspecified atom stereocenters. The van der Waals surface area contributed by atoms with Crippen LogP contribution in [0.5, 0.6) is 0 Å². The zero-order chi connectivity index (χ0) is 11.5. The van der Waals surface area contributed by atoms with Gasteiger partial charge in [-0.3, -0.25) is 4.68 Å². The van der Waals surface area contributed by atoms with E-state index >= 15 is 0 Å². The first kappa shape index (κ1) is 11.6. The van der Waals surface area contributed by atoms with Crippen LogP contribution in [0.1, 0.15) is 44.5 Å². The second-order valence-electron chi connectivity index (χ2n) is 4.74. The highest BCUT2D eigenvalue weighted by molar-refractivity contribution is 5.11. The third-order valence-corrected chi connectivity index (χ3v) is 3.44. The molecule has 1 aliphatic carbocycles. The molecule has 0 spiro atoms. The lowest BCUT2D eigenvalue weighted by Crippen LogP contribution is -2.12. The largest absolute Gasteiger partial charge is 0.393 e. The molecule has 0 saturated heterocycles. The third-order valence-electron chi connectivity index (χ3n) is 3.44. The first-order valence-electron chi connectivity index (χ1n) is 6.48. The Kier molecular flexibility index (Phi) is 3.64. The van der Waals surface area contributed by atoms with Gasteiger partial charge in [0.15, 0.2) is 0 Å². The summed E-state index contributed by atoms with van der Waals surface area (Å²) in [6.07, 6.45) is 5.18. The molecule has 90 valence electrons. The minimum absolute atomic E-state index is 0.0923. The van der Waals surface area contributed by atoms with Gasteiger partial charge in [-0.2, -0.15) is 5.10 Å². The smallest absolute Gasteiger partial charge is 0.0624 e. The van der Waals surface area contributed by atoms with Gasteiger partial charge in [0.2, 0.25) is 0 Å². The number of aryl methyl sites for hydroxylation is 3. The van der Waals surface area contributed by atoms with Crippen molar-refractivity contribution in [3.05, 3.63) is 17.5 Å². The van der Waals surface area contributed by atoms with Crippen LogP contribution in [0.15, 0.2) is 6.07 Å². The van der Waals surface area contributed by atoms with Crippen LogP contribution in [0.3, 0.4) is 0 Å². The number of aliphatic hydroxyl groups excluding tert-OH is 1. The van der Waals surface area contributed by atoms with Gasteiger partial charge in [-0.1, -0.05) is 6.92 Å². The van der Waals surface area contributed by atoms with Crippen LogP contribution < -0.4 is 0 Å².